The Balaban J connectivity index is 0.00000312. The number of benzene rings is 1. The zero-order valence-electron chi connectivity index (χ0n) is 14.9. The van der Waals surface area contributed by atoms with Crippen molar-refractivity contribution in [3.05, 3.63) is 23.8 Å². The lowest BCUT2D eigenvalue weighted by Gasteiger charge is -2.22. The molecule has 1 aromatic rings. The first kappa shape index (κ1) is 21.5. The molecule has 1 amide bonds. The molecule has 0 radical (unpaired) electrons. The Labute approximate surface area is 155 Å². The molecular formula is C18H29ClN2O4. The normalized spacial score (nSPS) is 15.8. The van der Waals surface area contributed by atoms with Crippen LogP contribution >= 0.6 is 12.4 Å². The number of amides is 1. The van der Waals surface area contributed by atoms with Gasteiger partial charge in [-0.25, -0.2) is 0 Å². The molecule has 3 N–H and O–H groups in total. The highest BCUT2D eigenvalue weighted by Gasteiger charge is 2.17. The Morgan fingerprint density at radius 3 is 2.68 bits per heavy atom. The fourth-order valence-electron chi connectivity index (χ4n) is 3.01. The van der Waals surface area contributed by atoms with E-state index in [1.165, 1.54) is 0 Å². The standard InChI is InChI=1S/C18H28N2O4.ClH/c1-23-14-4-5-17(24-2)15(11-14)16(21)12-20-18(22)6-3-13-7-9-19-10-8-13;/h4-5,11,13,16,19,21H,3,6-10,12H2,1-2H3,(H,20,22);1H. The zero-order valence-corrected chi connectivity index (χ0v) is 15.7. The van der Waals surface area contributed by atoms with E-state index in [1.54, 1.807) is 32.4 Å². The number of hydrogen-bond donors (Lipinski definition) is 3. The van der Waals surface area contributed by atoms with Crippen LogP contribution in [0.1, 0.15) is 37.4 Å². The number of halogens is 1. The number of rotatable bonds is 8. The highest BCUT2D eigenvalue weighted by molar-refractivity contribution is 5.85. The Kier molecular flexibility index (Phi) is 9.63. The van der Waals surface area contributed by atoms with E-state index in [1.807, 2.05) is 0 Å². The van der Waals surface area contributed by atoms with Crippen molar-refractivity contribution in [3.8, 4) is 11.5 Å². The summed E-state index contributed by atoms with van der Waals surface area (Å²) in [5, 5.41) is 16.5. The second-order valence-electron chi connectivity index (χ2n) is 6.16. The smallest absolute Gasteiger partial charge is 0.220 e. The van der Waals surface area contributed by atoms with Gasteiger partial charge in [-0.2, -0.15) is 0 Å². The van der Waals surface area contributed by atoms with Crippen molar-refractivity contribution in [3.63, 3.8) is 0 Å². The van der Waals surface area contributed by atoms with Crippen LogP contribution in [-0.4, -0.2) is 44.9 Å². The molecule has 6 nitrogen and oxygen atoms in total. The lowest BCUT2D eigenvalue weighted by Crippen LogP contribution is -2.31. The molecule has 0 aliphatic carbocycles. The van der Waals surface area contributed by atoms with Crippen molar-refractivity contribution >= 4 is 18.3 Å². The number of ether oxygens (including phenoxy) is 2. The molecule has 142 valence electrons. The third-order valence-electron chi connectivity index (χ3n) is 4.53. The first-order valence-corrected chi connectivity index (χ1v) is 8.51. The predicted octanol–water partition coefficient (Wildman–Crippen LogP) is 2.06. The van der Waals surface area contributed by atoms with Gasteiger partial charge in [0, 0.05) is 18.5 Å². The van der Waals surface area contributed by atoms with Gasteiger partial charge >= 0.3 is 0 Å². The van der Waals surface area contributed by atoms with Gasteiger partial charge in [0.15, 0.2) is 0 Å². The summed E-state index contributed by atoms with van der Waals surface area (Å²) in [6, 6.07) is 5.24. The first-order chi connectivity index (χ1) is 11.6. The zero-order chi connectivity index (χ0) is 17.4. The van der Waals surface area contributed by atoms with Crippen LogP contribution in [0.25, 0.3) is 0 Å². The lowest BCUT2D eigenvalue weighted by molar-refractivity contribution is -0.121. The minimum absolute atomic E-state index is 0. The van der Waals surface area contributed by atoms with Gasteiger partial charge in [0.25, 0.3) is 0 Å². The van der Waals surface area contributed by atoms with Crippen molar-refractivity contribution < 1.29 is 19.4 Å². The van der Waals surface area contributed by atoms with Gasteiger partial charge in [0.2, 0.25) is 5.91 Å². The molecule has 1 saturated heterocycles. The van der Waals surface area contributed by atoms with E-state index in [-0.39, 0.29) is 24.9 Å². The molecule has 1 atom stereocenters. The van der Waals surface area contributed by atoms with Crippen LogP contribution in [0, 0.1) is 5.92 Å². The average molecular weight is 373 g/mol. The molecule has 1 fully saturated rings. The van der Waals surface area contributed by atoms with Crippen molar-refractivity contribution in [1.82, 2.24) is 10.6 Å². The third kappa shape index (κ3) is 6.72. The Morgan fingerprint density at radius 2 is 2.04 bits per heavy atom. The summed E-state index contributed by atoms with van der Waals surface area (Å²) in [5.41, 5.74) is 0.607. The minimum atomic E-state index is -0.835. The van der Waals surface area contributed by atoms with Crippen LogP contribution in [-0.2, 0) is 4.79 Å². The number of carbonyl (C=O) groups is 1. The number of aliphatic hydroxyl groups is 1. The molecule has 0 aromatic heterocycles. The summed E-state index contributed by atoms with van der Waals surface area (Å²) in [6.07, 6.45) is 2.85. The maximum Gasteiger partial charge on any atom is 0.220 e. The molecule has 1 aromatic carbocycles. The Hall–Kier alpha value is -1.50. The first-order valence-electron chi connectivity index (χ1n) is 8.51. The number of hydrogen-bond acceptors (Lipinski definition) is 5. The van der Waals surface area contributed by atoms with Crippen molar-refractivity contribution in [2.45, 2.75) is 31.8 Å². The molecule has 1 aliphatic rings. The summed E-state index contributed by atoms with van der Waals surface area (Å²) in [5.74, 6) is 1.82. The molecular weight excluding hydrogens is 344 g/mol. The Morgan fingerprint density at radius 1 is 1.32 bits per heavy atom. The molecule has 0 bridgehead atoms. The summed E-state index contributed by atoms with van der Waals surface area (Å²) < 4.78 is 10.4. The number of carbonyl (C=O) groups excluding carboxylic acids is 1. The van der Waals surface area contributed by atoms with Gasteiger partial charge in [-0.05, 0) is 56.5 Å². The van der Waals surface area contributed by atoms with Crippen LogP contribution in [0.3, 0.4) is 0 Å². The number of aliphatic hydroxyl groups excluding tert-OH is 1. The van der Waals surface area contributed by atoms with Crippen LogP contribution in [0.2, 0.25) is 0 Å². The van der Waals surface area contributed by atoms with Crippen molar-refractivity contribution in [2.75, 3.05) is 33.9 Å². The van der Waals surface area contributed by atoms with Gasteiger partial charge < -0.3 is 25.2 Å². The Bertz CT molecular complexity index is 536. The van der Waals surface area contributed by atoms with Crippen LogP contribution in [0.5, 0.6) is 11.5 Å². The molecule has 1 unspecified atom stereocenters. The summed E-state index contributed by atoms with van der Waals surface area (Å²) >= 11 is 0. The van der Waals surface area contributed by atoms with Gasteiger partial charge in [-0.3, -0.25) is 4.79 Å². The van der Waals surface area contributed by atoms with E-state index in [2.05, 4.69) is 10.6 Å². The highest BCUT2D eigenvalue weighted by atomic mass is 35.5. The van der Waals surface area contributed by atoms with Crippen LogP contribution < -0.4 is 20.1 Å². The maximum atomic E-state index is 12.0. The second kappa shape index (κ2) is 11.2. The fourth-order valence-corrected chi connectivity index (χ4v) is 3.01. The SMILES string of the molecule is COc1ccc(OC)c(C(O)CNC(=O)CCC2CCNCC2)c1.Cl. The molecule has 1 heterocycles. The molecule has 25 heavy (non-hydrogen) atoms. The molecule has 0 spiro atoms. The third-order valence-corrected chi connectivity index (χ3v) is 4.53. The van der Waals surface area contributed by atoms with Crippen LogP contribution in [0.15, 0.2) is 18.2 Å². The van der Waals surface area contributed by atoms with Gasteiger partial charge in [-0.15, -0.1) is 12.4 Å². The van der Waals surface area contributed by atoms with E-state index in [4.69, 9.17) is 9.47 Å². The summed E-state index contributed by atoms with van der Waals surface area (Å²) in [7, 11) is 3.12. The van der Waals surface area contributed by atoms with Crippen molar-refractivity contribution in [2.24, 2.45) is 5.92 Å². The second-order valence-corrected chi connectivity index (χ2v) is 6.16. The van der Waals surface area contributed by atoms with E-state index < -0.39 is 6.10 Å². The number of nitrogens with one attached hydrogen (secondary N) is 2. The molecule has 7 heteroatoms. The van der Waals surface area contributed by atoms with Gasteiger partial charge in [0.1, 0.15) is 11.5 Å². The van der Waals surface area contributed by atoms with E-state index in [0.29, 0.717) is 29.4 Å². The molecule has 2 rings (SSSR count). The number of piperidine rings is 1. The fraction of sp³-hybridized carbons (Fsp3) is 0.611. The summed E-state index contributed by atoms with van der Waals surface area (Å²) in [4.78, 5) is 12.0. The average Bonchev–Trinajstić information content (AvgIpc) is 2.64. The summed E-state index contributed by atoms with van der Waals surface area (Å²) in [6.45, 7) is 2.25. The number of methoxy groups -OCH3 is 2. The van der Waals surface area contributed by atoms with Crippen LogP contribution in [0.4, 0.5) is 0 Å². The predicted molar refractivity (Wildman–Crippen MR) is 99.6 cm³/mol. The van der Waals surface area contributed by atoms with Crippen molar-refractivity contribution in [1.29, 1.82) is 0 Å². The maximum absolute atomic E-state index is 12.0. The monoisotopic (exact) mass is 372 g/mol. The van der Waals surface area contributed by atoms with E-state index in [0.717, 1.165) is 32.4 Å². The highest BCUT2D eigenvalue weighted by Crippen LogP contribution is 2.29. The quantitative estimate of drug-likeness (QED) is 0.651. The van der Waals surface area contributed by atoms with E-state index in [9.17, 15) is 9.90 Å². The molecule has 1 aliphatic heterocycles. The van der Waals surface area contributed by atoms with E-state index >= 15 is 0 Å². The largest absolute Gasteiger partial charge is 0.497 e. The topological polar surface area (TPSA) is 79.8 Å². The molecule has 0 saturated carbocycles. The lowest BCUT2D eigenvalue weighted by atomic mass is 9.93. The minimum Gasteiger partial charge on any atom is -0.497 e. The van der Waals surface area contributed by atoms with Gasteiger partial charge in [0.05, 0.1) is 20.3 Å². The van der Waals surface area contributed by atoms with Gasteiger partial charge in [-0.1, -0.05) is 0 Å².